The molecule has 2 atom stereocenters. The van der Waals surface area contributed by atoms with Crippen LogP contribution in [-0.4, -0.2) is 35.2 Å². The molecule has 1 aliphatic heterocycles. The quantitative estimate of drug-likeness (QED) is 0.928. The molecule has 114 valence electrons. The summed E-state index contributed by atoms with van der Waals surface area (Å²) in [6.07, 6.45) is 7.18. The number of carbonyl (C=O) groups is 1. The maximum Gasteiger partial charge on any atom is 0.272 e. The summed E-state index contributed by atoms with van der Waals surface area (Å²) < 4.78 is 0. The SMILES string of the molecule is C[C@H]1CCCC[C@H]1NC(=O)c1ccc(N2CCCC2)nn1. The molecular formula is C16H24N4O. The first-order valence-corrected chi connectivity index (χ1v) is 8.13. The second-order valence-electron chi connectivity index (χ2n) is 6.31. The van der Waals surface area contributed by atoms with Gasteiger partial charge in [0, 0.05) is 19.1 Å². The molecule has 0 unspecified atom stereocenters. The first-order valence-electron chi connectivity index (χ1n) is 8.13. The Hall–Kier alpha value is -1.65. The van der Waals surface area contributed by atoms with Crippen LogP contribution in [0.15, 0.2) is 12.1 Å². The summed E-state index contributed by atoms with van der Waals surface area (Å²) in [7, 11) is 0. The Kier molecular flexibility index (Phi) is 4.36. The third-order valence-electron chi connectivity index (χ3n) is 4.74. The van der Waals surface area contributed by atoms with E-state index in [9.17, 15) is 4.79 Å². The number of carbonyl (C=O) groups excluding carboxylic acids is 1. The largest absolute Gasteiger partial charge is 0.355 e. The van der Waals surface area contributed by atoms with Crippen LogP contribution in [-0.2, 0) is 0 Å². The molecule has 0 aromatic carbocycles. The van der Waals surface area contributed by atoms with Gasteiger partial charge in [0.1, 0.15) is 0 Å². The van der Waals surface area contributed by atoms with Crippen LogP contribution in [0, 0.1) is 5.92 Å². The van der Waals surface area contributed by atoms with E-state index in [4.69, 9.17) is 0 Å². The Labute approximate surface area is 126 Å². The molecule has 1 N–H and O–H groups in total. The number of rotatable bonds is 3. The molecule has 0 radical (unpaired) electrons. The van der Waals surface area contributed by atoms with E-state index in [0.717, 1.165) is 25.3 Å². The first-order chi connectivity index (χ1) is 10.2. The average molecular weight is 288 g/mol. The average Bonchev–Trinajstić information content (AvgIpc) is 3.04. The minimum atomic E-state index is -0.0887. The van der Waals surface area contributed by atoms with Gasteiger partial charge in [-0.2, -0.15) is 0 Å². The minimum Gasteiger partial charge on any atom is -0.355 e. The highest BCUT2D eigenvalue weighted by Crippen LogP contribution is 2.24. The Morgan fingerprint density at radius 3 is 2.57 bits per heavy atom. The third-order valence-corrected chi connectivity index (χ3v) is 4.74. The van der Waals surface area contributed by atoms with E-state index in [-0.39, 0.29) is 11.9 Å². The van der Waals surface area contributed by atoms with Crippen LogP contribution in [0.2, 0.25) is 0 Å². The Balaban J connectivity index is 1.61. The van der Waals surface area contributed by atoms with Crippen molar-refractivity contribution in [3.63, 3.8) is 0 Å². The normalized spacial score (nSPS) is 25.9. The summed E-state index contributed by atoms with van der Waals surface area (Å²) in [5, 5.41) is 11.4. The number of anilines is 1. The van der Waals surface area contributed by atoms with Crippen molar-refractivity contribution in [3.8, 4) is 0 Å². The van der Waals surface area contributed by atoms with Crippen molar-refractivity contribution in [2.75, 3.05) is 18.0 Å². The monoisotopic (exact) mass is 288 g/mol. The number of aromatic nitrogens is 2. The predicted octanol–water partition coefficient (Wildman–Crippen LogP) is 2.39. The second-order valence-corrected chi connectivity index (χ2v) is 6.31. The highest BCUT2D eigenvalue weighted by molar-refractivity contribution is 5.92. The fraction of sp³-hybridized carbons (Fsp3) is 0.688. The number of nitrogens with zero attached hydrogens (tertiary/aromatic N) is 3. The van der Waals surface area contributed by atoms with Gasteiger partial charge in [0.25, 0.3) is 5.91 Å². The van der Waals surface area contributed by atoms with Crippen LogP contribution in [0.4, 0.5) is 5.82 Å². The number of nitrogens with one attached hydrogen (secondary N) is 1. The summed E-state index contributed by atoms with van der Waals surface area (Å²) in [6.45, 7) is 4.30. The molecule has 1 aromatic rings. The lowest BCUT2D eigenvalue weighted by atomic mass is 9.86. The molecule has 21 heavy (non-hydrogen) atoms. The lowest BCUT2D eigenvalue weighted by molar-refractivity contribution is 0.0904. The van der Waals surface area contributed by atoms with Crippen LogP contribution in [0.3, 0.4) is 0 Å². The standard InChI is InChI=1S/C16H24N4O/c1-12-6-2-3-7-13(12)17-16(21)14-8-9-15(19-18-14)20-10-4-5-11-20/h8-9,12-13H,2-7,10-11H2,1H3,(H,17,21)/t12-,13+/m0/s1. The van der Waals surface area contributed by atoms with Gasteiger partial charge in [-0.25, -0.2) is 0 Å². The van der Waals surface area contributed by atoms with Crippen LogP contribution < -0.4 is 10.2 Å². The molecule has 2 fully saturated rings. The van der Waals surface area contributed by atoms with Gasteiger partial charge >= 0.3 is 0 Å². The maximum atomic E-state index is 12.3. The molecule has 1 aliphatic carbocycles. The van der Waals surface area contributed by atoms with Crippen molar-refractivity contribution in [1.82, 2.24) is 15.5 Å². The highest BCUT2D eigenvalue weighted by atomic mass is 16.2. The Morgan fingerprint density at radius 2 is 1.90 bits per heavy atom. The molecule has 0 bridgehead atoms. The van der Waals surface area contributed by atoms with Crippen LogP contribution in [0.1, 0.15) is 55.9 Å². The molecule has 3 rings (SSSR count). The van der Waals surface area contributed by atoms with Crippen LogP contribution >= 0.6 is 0 Å². The van der Waals surface area contributed by atoms with Gasteiger partial charge in [-0.15, -0.1) is 10.2 Å². The zero-order valence-electron chi connectivity index (χ0n) is 12.7. The van der Waals surface area contributed by atoms with Crippen molar-refractivity contribution < 1.29 is 4.79 Å². The minimum absolute atomic E-state index is 0.0887. The third kappa shape index (κ3) is 3.34. The zero-order valence-corrected chi connectivity index (χ0v) is 12.7. The number of amides is 1. The van der Waals surface area contributed by atoms with Gasteiger partial charge in [-0.05, 0) is 43.7 Å². The lowest BCUT2D eigenvalue weighted by Gasteiger charge is -2.29. The summed E-state index contributed by atoms with van der Waals surface area (Å²) in [5.41, 5.74) is 0.427. The second kappa shape index (κ2) is 6.41. The van der Waals surface area contributed by atoms with Gasteiger partial charge in [0.05, 0.1) is 0 Å². The maximum absolute atomic E-state index is 12.3. The van der Waals surface area contributed by atoms with E-state index in [2.05, 4.69) is 27.3 Å². The summed E-state index contributed by atoms with van der Waals surface area (Å²) in [5.74, 6) is 1.35. The first kappa shape index (κ1) is 14.3. The van der Waals surface area contributed by atoms with E-state index < -0.39 is 0 Å². The smallest absolute Gasteiger partial charge is 0.272 e. The molecule has 1 saturated heterocycles. The van der Waals surface area contributed by atoms with Crippen molar-refractivity contribution in [2.45, 2.75) is 51.5 Å². The van der Waals surface area contributed by atoms with Crippen molar-refractivity contribution >= 4 is 11.7 Å². The van der Waals surface area contributed by atoms with E-state index in [0.29, 0.717) is 11.6 Å². The fourth-order valence-electron chi connectivity index (χ4n) is 3.33. The van der Waals surface area contributed by atoms with Gasteiger partial charge < -0.3 is 10.2 Å². The molecule has 2 heterocycles. The van der Waals surface area contributed by atoms with Gasteiger partial charge in [0.15, 0.2) is 11.5 Å². The Morgan fingerprint density at radius 1 is 1.14 bits per heavy atom. The number of hydrogen-bond acceptors (Lipinski definition) is 4. The van der Waals surface area contributed by atoms with Gasteiger partial charge in [0.2, 0.25) is 0 Å². The van der Waals surface area contributed by atoms with E-state index in [1.165, 1.54) is 32.1 Å². The van der Waals surface area contributed by atoms with Crippen LogP contribution in [0.5, 0.6) is 0 Å². The zero-order chi connectivity index (χ0) is 14.7. The molecule has 5 nitrogen and oxygen atoms in total. The van der Waals surface area contributed by atoms with E-state index in [1.54, 1.807) is 6.07 Å². The number of hydrogen-bond donors (Lipinski definition) is 1. The fourth-order valence-corrected chi connectivity index (χ4v) is 3.33. The summed E-state index contributed by atoms with van der Waals surface area (Å²) in [6, 6.07) is 3.99. The molecule has 1 amide bonds. The highest BCUT2D eigenvalue weighted by Gasteiger charge is 2.24. The molecular weight excluding hydrogens is 264 g/mol. The van der Waals surface area contributed by atoms with Crippen molar-refractivity contribution in [2.24, 2.45) is 5.92 Å². The van der Waals surface area contributed by atoms with E-state index >= 15 is 0 Å². The topological polar surface area (TPSA) is 58.1 Å². The molecule has 1 saturated carbocycles. The molecule has 2 aliphatic rings. The summed E-state index contributed by atoms with van der Waals surface area (Å²) in [4.78, 5) is 14.5. The van der Waals surface area contributed by atoms with E-state index in [1.807, 2.05) is 6.07 Å². The molecule has 5 heteroatoms. The van der Waals surface area contributed by atoms with Crippen molar-refractivity contribution in [1.29, 1.82) is 0 Å². The lowest BCUT2D eigenvalue weighted by Crippen LogP contribution is -2.41. The van der Waals surface area contributed by atoms with Gasteiger partial charge in [-0.3, -0.25) is 4.79 Å². The summed E-state index contributed by atoms with van der Waals surface area (Å²) >= 11 is 0. The van der Waals surface area contributed by atoms with Gasteiger partial charge in [-0.1, -0.05) is 19.8 Å². The molecule has 0 spiro atoms. The predicted molar refractivity (Wildman–Crippen MR) is 82.4 cm³/mol. The Bertz CT molecular complexity index is 482. The van der Waals surface area contributed by atoms with Crippen LogP contribution in [0.25, 0.3) is 0 Å². The molecule has 1 aromatic heterocycles. The van der Waals surface area contributed by atoms with Crippen molar-refractivity contribution in [3.05, 3.63) is 17.8 Å².